The molecule has 15 heteroatoms. The van der Waals surface area contributed by atoms with Gasteiger partial charge in [0.2, 0.25) is 11.8 Å². The van der Waals surface area contributed by atoms with Crippen molar-refractivity contribution in [2.45, 2.75) is 18.6 Å². The molecule has 1 unspecified atom stereocenters. The number of piperazine rings is 1. The number of nitrogens with zero attached hydrogens (tertiary/aromatic N) is 5. The van der Waals surface area contributed by atoms with Gasteiger partial charge in [-0.1, -0.05) is 18.7 Å². The van der Waals surface area contributed by atoms with E-state index in [4.69, 9.17) is 9.57 Å². The van der Waals surface area contributed by atoms with Crippen LogP contribution in [0.15, 0.2) is 55.4 Å². The van der Waals surface area contributed by atoms with Crippen LogP contribution < -0.4 is 25.3 Å². The highest BCUT2D eigenvalue weighted by Crippen LogP contribution is 2.41. The normalized spacial score (nSPS) is 17.1. The van der Waals surface area contributed by atoms with E-state index in [0.717, 1.165) is 12.1 Å². The number of carbonyl (C=O) groups excluding carboxylic acids is 2. The zero-order valence-electron chi connectivity index (χ0n) is 23.8. The number of benzene rings is 2. The fourth-order valence-corrected chi connectivity index (χ4v) is 5.02. The lowest BCUT2D eigenvalue weighted by Crippen LogP contribution is -2.48. The molecule has 2 amide bonds. The minimum atomic E-state index is -4.85. The average molecular weight is 616 g/mol. The fourth-order valence-electron chi connectivity index (χ4n) is 5.02. The number of nitrogens with one attached hydrogen (secondary N) is 2. The van der Waals surface area contributed by atoms with Gasteiger partial charge in [-0.15, -0.1) is 0 Å². The van der Waals surface area contributed by atoms with Crippen molar-refractivity contribution in [3.8, 4) is 5.75 Å². The Bertz CT molecular complexity index is 1590. The molecule has 232 valence electrons. The molecular weight excluding hydrogens is 586 g/mol. The highest BCUT2D eigenvalue weighted by molar-refractivity contribution is 6.02. The van der Waals surface area contributed by atoms with Gasteiger partial charge in [-0.05, 0) is 18.2 Å². The van der Waals surface area contributed by atoms with Gasteiger partial charge in [0.25, 0.3) is 0 Å². The van der Waals surface area contributed by atoms with Crippen LogP contribution in [0.2, 0.25) is 0 Å². The topological polar surface area (TPSA) is 112 Å². The Morgan fingerprint density at radius 1 is 1.18 bits per heavy atom. The van der Waals surface area contributed by atoms with Gasteiger partial charge in [0.05, 0.1) is 48.9 Å². The summed E-state index contributed by atoms with van der Waals surface area (Å²) in [5.41, 5.74) is -0.199. The van der Waals surface area contributed by atoms with Crippen LogP contribution >= 0.6 is 0 Å². The van der Waals surface area contributed by atoms with E-state index in [9.17, 15) is 27.2 Å². The number of carbonyl (C=O) groups is 2. The number of amides is 2. The van der Waals surface area contributed by atoms with Gasteiger partial charge >= 0.3 is 6.18 Å². The summed E-state index contributed by atoms with van der Waals surface area (Å²) in [6.45, 7) is 4.74. The number of hydrogen-bond donors (Lipinski definition) is 2. The number of ether oxygens (including phenoxy) is 1. The monoisotopic (exact) mass is 615 g/mol. The van der Waals surface area contributed by atoms with E-state index >= 15 is 0 Å². The van der Waals surface area contributed by atoms with Crippen molar-refractivity contribution in [1.82, 2.24) is 14.9 Å². The van der Waals surface area contributed by atoms with E-state index in [1.165, 1.54) is 30.6 Å². The summed E-state index contributed by atoms with van der Waals surface area (Å²) >= 11 is 0. The summed E-state index contributed by atoms with van der Waals surface area (Å²) in [4.78, 5) is 42.2. The Hall–Kier alpha value is -4.92. The van der Waals surface area contributed by atoms with E-state index in [1.54, 1.807) is 24.1 Å². The molecule has 2 aliphatic heterocycles. The zero-order chi connectivity index (χ0) is 31.6. The molecule has 0 bridgehead atoms. The third-order valence-corrected chi connectivity index (χ3v) is 7.30. The molecule has 2 N–H and O–H groups in total. The second-order valence-electron chi connectivity index (χ2n) is 10.1. The number of halogens is 4. The smallest absolute Gasteiger partial charge is 0.419 e. The van der Waals surface area contributed by atoms with E-state index in [2.05, 4.69) is 27.2 Å². The third kappa shape index (κ3) is 6.22. The lowest BCUT2D eigenvalue weighted by atomic mass is 10.0. The quantitative estimate of drug-likeness (QED) is 0.276. The van der Waals surface area contributed by atoms with Crippen molar-refractivity contribution in [3.63, 3.8) is 0 Å². The Labute approximate surface area is 250 Å². The Kier molecular flexibility index (Phi) is 8.58. The third-order valence-electron chi connectivity index (χ3n) is 7.30. The molecule has 44 heavy (non-hydrogen) atoms. The lowest BCUT2D eigenvalue weighted by Gasteiger charge is -2.35. The van der Waals surface area contributed by atoms with E-state index in [1.807, 2.05) is 4.90 Å². The van der Waals surface area contributed by atoms with Gasteiger partial charge in [0, 0.05) is 44.3 Å². The van der Waals surface area contributed by atoms with E-state index < -0.39 is 29.5 Å². The standard InChI is InChI=1S/C29H29F4N7O4/c1-4-26(41)37-19-12-20(23(43-3)13-22(19)39-10-9-38(2)27(42)15-39)36-24-14-25(35-16-34-24)40-21(8-11-44-40)17-6-5-7-18(28(17)30)29(31,32)33/h4-7,12-14,16,21H,1,8-11,15H2,2-3H3,(H,37,41)(H,34,35,36). The molecule has 2 aliphatic rings. The molecular formula is C29H29F4N7O4. The molecule has 0 radical (unpaired) electrons. The summed E-state index contributed by atoms with van der Waals surface area (Å²) in [6.07, 6.45) is -2.29. The van der Waals surface area contributed by atoms with Crippen molar-refractivity contribution in [2.75, 3.05) is 61.0 Å². The van der Waals surface area contributed by atoms with Crippen LogP contribution in [0.1, 0.15) is 23.6 Å². The minimum absolute atomic E-state index is 0.0839. The molecule has 2 saturated heterocycles. The molecule has 1 atom stereocenters. The van der Waals surface area contributed by atoms with Crippen molar-refractivity contribution >= 4 is 40.5 Å². The van der Waals surface area contributed by atoms with Gasteiger partial charge in [-0.2, -0.15) is 13.2 Å². The number of hydrogen-bond acceptors (Lipinski definition) is 9. The summed E-state index contributed by atoms with van der Waals surface area (Å²) < 4.78 is 60.7. The summed E-state index contributed by atoms with van der Waals surface area (Å²) in [5.74, 6) is -1.13. The number of likely N-dealkylation sites (N-methyl/N-ethyl adjacent to an activating group) is 1. The van der Waals surface area contributed by atoms with Crippen LogP contribution in [-0.2, 0) is 20.6 Å². The molecule has 3 aromatic rings. The first-order valence-corrected chi connectivity index (χ1v) is 13.5. The molecule has 0 aliphatic carbocycles. The van der Waals surface area contributed by atoms with E-state index in [-0.39, 0.29) is 42.7 Å². The van der Waals surface area contributed by atoms with Crippen LogP contribution in [0.4, 0.5) is 46.3 Å². The van der Waals surface area contributed by atoms with Crippen molar-refractivity contribution in [1.29, 1.82) is 0 Å². The maximum absolute atomic E-state index is 15.0. The maximum Gasteiger partial charge on any atom is 0.419 e. The van der Waals surface area contributed by atoms with Crippen LogP contribution in [0.3, 0.4) is 0 Å². The first-order chi connectivity index (χ1) is 21.0. The summed E-state index contributed by atoms with van der Waals surface area (Å²) in [5, 5.41) is 7.13. The minimum Gasteiger partial charge on any atom is -0.494 e. The zero-order valence-corrected chi connectivity index (χ0v) is 23.8. The molecule has 0 saturated carbocycles. The first-order valence-electron chi connectivity index (χ1n) is 13.5. The highest BCUT2D eigenvalue weighted by atomic mass is 19.4. The molecule has 11 nitrogen and oxygen atoms in total. The second kappa shape index (κ2) is 12.4. The number of hydroxylamine groups is 1. The Balaban J connectivity index is 1.46. The van der Waals surface area contributed by atoms with Crippen LogP contribution in [0.5, 0.6) is 5.75 Å². The van der Waals surface area contributed by atoms with Crippen molar-refractivity contribution in [2.24, 2.45) is 0 Å². The molecule has 5 rings (SSSR count). The molecule has 2 fully saturated rings. The fraction of sp³-hybridized carbons (Fsp3) is 0.310. The largest absolute Gasteiger partial charge is 0.494 e. The average Bonchev–Trinajstić information content (AvgIpc) is 3.48. The number of anilines is 5. The number of methoxy groups -OCH3 is 1. The predicted molar refractivity (Wildman–Crippen MR) is 154 cm³/mol. The number of alkyl halides is 3. The summed E-state index contributed by atoms with van der Waals surface area (Å²) in [6, 6.07) is 7.04. The molecule has 2 aromatic carbocycles. The van der Waals surface area contributed by atoms with Gasteiger partial charge in [-0.25, -0.2) is 19.4 Å². The first kappa shape index (κ1) is 30.5. The maximum atomic E-state index is 15.0. The summed E-state index contributed by atoms with van der Waals surface area (Å²) in [7, 11) is 3.17. The number of aromatic nitrogens is 2. The van der Waals surface area contributed by atoms with Crippen LogP contribution in [0, 0.1) is 5.82 Å². The van der Waals surface area contributed by atoms with Crippen LogP contribution in [0.25, 0.3) is 0 Å². The van der Waals surface area contributed by atoms with Gasteiger partial charge in [0.15, 0.2) is 5.82 Å². The second-order valence-corrected chi connectivity index (χ2v) is 10.1. The highest BCUT2D eigenvalue weighted by Gasteiger charge is 2.38. The molecule has 0 spiro atoms. The van der Waals surface area contributed by atoms with Gasteiger partial charge in [-0.3, -0.25) is 14.4 Å². The van der Waals surface area contributed by atoms with Crippen LogP contribution in [-0.4, -0.2) is 67.1 Å². The predicted octanol–water partition coefficient (Wildman–Crippen LogP) is 4.67. The lowest BCUT2D eigenvalue weighted by molar-refractivity contribution is -0.140. The van der Waals surface area contributed by atoms with Gasteiger partial charge < -0.3 is 25.2 Å². The van der Waals surface area contributed by atoms with Crippen molar-refractivity contribution in [3.05, 3.63) is 72.3 Å². The van der Waals surface area contributed by atoms with Crippen molar-refractivity contribution < 1.29 is 36.7 Å². The molecule has 1 aromatic heterocycles. The Morgan fingerprint density at radius 3 is 2.68 bits per heavy atom. The van der Waals surface area contributed by atoms with E-state index in [0.29, 0.717) is 42.0 Å². The number of rotatable bonds is 8. The van der Waals surface area contributed by atoms with Gasteiger partial charge in [0.1, 0.15) is 23.7 Å². The Morgan fingerprint density at radius 2 is 1.98 bits per heavy atom. The SMILES string of the molecule is C=CC(=O)Nc1cc(Nc2cc(N3OCCC3c3cccc(C(F)(F)F)c3F)ncn2)c(OC)cc1N1CCN(C)C(=O)C1. The molecule has 3 heterocycles.